The molecule has 0 aromatic heterocycles. The summed E-state index contributed by atoms with van der Waals surface area (Å²) in [6.45, 7) is 6.21. The molecule has 0 fully saturated rings. The zero-order valence-corrected chi connectivity index (χ0v) is 12.8. The van der Waals surface area contributed by atoms with Crippen molar-refractivity contribution >= 4 is 5.97 Å². The van der Waals surface area contributed by atoms with Crippen molar-refractivity contribution < 1.29 is 19.7 Å². The number of aliphatic hydroxyl groups excluding tert-OH is 1. The molecule has 0 amide bonds. The minimum atomic E-state index is -0.959. The van der Waals surface area contributed by atoms with Crippen LogP contribution in [-0.2, 0) is 0 Å². The topological polar surface area (TPSA) is 70.0 Å². The lowest BCUT2D eigenvalue weighted by atomic mass is 10.1. The quantitative estimate of drug-likeness (QED) is 0.693. The molecule has 0 heterocycles. The summed E-state index contributed by atoms with van der Waals surface area (Å²) in [6, 6.07) is 6.92. The van der Waals surface area contributed by atoms with Gasteiger partial charge >= 0.3 is 5.97 Å². The SMILES string of the molecule is CCC(CC)N(CCO)CCOc1cccc(C(=O)O)c1. The smallest absolute Gasteiger partial charge is 0.335 e. The third-order valence-corrected chi connectivity index (χ3v) is 3.57. The number of carboxylic acids is 1. The Bertz CT molecular complexity index is 432. The maximum absolute atomic E-state index is 10.9. The van der Waals surface area contributed by atoms with Crippen molar-refractivity contribution in [1.82, 2.24) is 4.90 Å². The van der Waals surface area contributed by atoms with Crippen LogP contribution in [0.3, 0.4) is 0 Å². The summed E-state index contributed by atoms with van der Waals surface area (Å²) in [7, 11) is 0. The molecule has 0 saturated heterocycles. The standard InChI is InChI=1S/C16H25NO4/c1-3-14(4-2)17(8-10-18)9-11-21-15-7-5-6-13(12-15)16(19)20/h5-7,12,14,18H,3-4,8-11H2,1-2H3,(H,19,20). The second-order valence-electron chi connectivity index (χ2n) is 4.91. The van der Waals surface area contributed by atoms with E-state index in [1.165, 1.54) is 12.1 Å². The van der Waals surface area contributed by atoms with Gasteiger partial charge in [-0.05, 0) is 31.0 Å². The molecule has 0 aliphatic rings. The van der Waals surface area contributed by atoms with Crippen LogP contribution in [0.2, 0.25) is 0 Å². The Labute approximate surface area is 126 Å². The molecule has 5 heteroatoms. The fourth-order valence-corrected chi connectivity index (χ4v) is 2.41. The average Bonchev–Trinajstić information content (AvgIpc) is 2.48. The Morgan fingerprint density at radius 3 is 2.57 bits per heavy atom. The zero-order chi connectivity index (χ0) is 15.7. The summed E-state index contributed by atoms with van der Waals surface area (Å²) in [5.41, 5.74) is 0.222. The van der Waals surface area contributed by atoms with E-state index in [1.807, 2.05) is 0 Å². The van der Waals surface area contributed by atoms with Crippen LogP contribution in [0.15, 0.2) is 24.3 Å². The first-order valence-corrected chi connectivity index (χ1v) is 7.43. The zero-order valence-electron chi connectivity index (χ0n) is 12.8. The van der Waals surface area contributed by atoms with Crippen LogP contribution < -0.4 is 4.74 Å². The van der Waals surface area contributed by atoms with E-state index in [-0.39, 0.29) is 12.2 Å². The first-order chi connectivity index (χ1) is 10.1. The molecular weight excluding hydrogens is 270 g/mol. The van der Waals surface area contributed by atoms with Crippen LogP contribution in [0.5, 0.6) is 5.75 Å². The van der Waals surface area contributed by atoms with Crippen molar-refractivity contribution in [2.45, 2.75) is 32.7 Å². The molecule has 21 heavy (non-hydrogen) atoms. The van der Waals surface area contributed by atoms with E-state index in [4.69, 9.17) is 14.9 Å². The van der Waals surface area contributed by atoms with E-state index in [9.17, 15) is 4.79 Å². The molecule has 0 unspecified atom stereocenters. The van der Waals surface area contributed by atoms with Crippen molar-refractivity contribution in [1.29, 1.82) is 0 Å². The molecule has 0 aliphatic heterocycles. The summed E-state index contributed by atoms with van der Waals surface area (Å²) in [6.07, 6.45) is 2.07. The van der Waals surface area contributed by atoms with Gasteiger partial charge < -0.3 is 14.9 Å². The average molecular weight is 295 g/mol. The van der Waals surface area contributed by atoms with Gasteiger partial charge in [-0.15, -0.1) is 0 Å². The van der Waals surface area contributed by atoms with Crippen molar-refractivity contribution in [3.63, 3.8) is 0 Å². The molecule has 1 rings (SSSR count). The van der Waals surface area contributed by atoms with Crippen LogP contribution in [0.25, 0.3) is 0 Å². The van der Waals surface area contributed by atoms with Crippen LogP contribution in [-0.4, -0.2) is 53.4 Å². The summed E-state index contributed by atoms with van der Waals surface area (Å²) in [5, 5.41) is 18.1. The lowest BCUT2D eigenvalue weighted by Gasteiger charge is -2.29. The lowest BCUT2D eigenvalue weighted by Crippen LogP contribution is -2.39. The van der Waals surface area contributed by atoms with E-state index < -0.39 is 5.97 Å². The van der Waals surface area contributed by atoms with Crippen molar-refractivity contribution in [3.05, 3.63) is 29.8 Å². The van der Waals surface area contributed by atoms with Gasteiger partial charge in [0.15, 0.2) is 0 Å². The lowest BCUT2D eigenvalue weighted by molar-refractivity contribution is 0.0696. The molecule has 0 spiro atoms. The maximum Gasteiger partial charge on any atom is 0.335 e. The molecule has 5 nitrogen and oxygen atoms in total. The number of benzene rings is 1. The maximum atomic E-state index is 10.9. The third-order valence-electron chi connectivity index (χ3n) is 3.57. The first-order valence-electron chi connectivity index (χ1n) is 7.43. The third kappa shape index (κ3) is 5.73. The predicted molar refractivity (Wildman–Crippen MR) is 81.9 cm³/mol. The highest BCUT2D eigenvalue weighted by Crippen LogP contribution is 2.14. The molecular formula is C16H25NO4. The van der Waals surface area contributed by atoms with E-state index >= 15 is 0 Å². The highest BCUT2D eigenvalue weighted by molar-refractivity contribution is 5.87. The van der Waals surface area contributed by atoms with Gasteiger partial charge in [0.25, 0.3) is 0 Å². The first kappa shape index (κ1) is 17.5. The highest BCUT2D eigenvalue weighted by Gasteiger charge is 2.14. The Balaban J connectivity index is 2.53. The van der Waals surface area contributed by atoms with E-state index in [0.29, 0.717) is 31.5 Å². The molecule has 1 aromatic carbocycles. The molecule has 0 aliphatic carbocycles. The van der Waals surface area contributed by atoms with Gasteiger partial charge in [-0.25, -0.2) is 4.79 Å². The summed E-state index contributed by atoms with van der Waals surface area (Å²) in [5.74, 6) is -0.400. The molecule has 118 valence electrons. The van der Waals surface area contributed by atoms with Gasteiger partial charge in [0.1, 0.15) is 12.4 Å². The van der Waals surface area contributed by atoms with E-state index in [0.717, 1.165) is 12.8 Å². The number of rotatable bonds is 10. The fourth-order valence-electron chi connectivity index (χ4n) is 2.41. The van der Waals surface area contributed by atoms with Gasteiger partial charge in [0.05, 0.1) is 12.2 Å². The summed E-state index contributed by atoms with van der Waals surface area (Å²) >= 11 is 0. The number of ether oxygens (including phenoxy) is 1. The van der Waals surface area contributed by atoms with Crippen LogP contribution in [0.1, 0.15) is 37.0 Å². The van der Waals surface area contributed by atoms with E-state index in [1.54, 1.807) is 12.1 Å². The second kappa shape index (κ2) is 9.37. The monoisotopic (exact) mass is 295 g/mol. The number of hydrogen-bond donors (Lipinski definition) is 2. The molecule has 0 radical (unpaired) electrons. The number of aliphatic hydroxyl groups is 1. The van der Waals surface area contributed by atoms with E-state index in [2.05, 4.69) is 18.7 Å². The number of aromatic carboxylic acids is 1. The molecule has 0 atom stereocenters. The Hall–Kier alpha value is -1.59. The highest BCUT2D eigenvalue weighted by atomic mass is 16.5. The van der Waals surface area contributed by atoms with Gasteiger partial charge in [-0.2, -0.15) is 0 Å². The normalized spacial score (nSPS) is 11.1. The van der Waals surface area contributed by atoms with Crippen molar-refractivity contribution in [2.75, 3.05) is 26.3 Å². The molecule has 1 aromatic rings. The van der Waals surface area contributed by atoms with Gasteiger partial charge in [-0.1, -0.05) is 19.9 Å². The molecule has 2 N–H and O–H groups in total. The number of hydrogen-bond acceptors (Lipinski definition) is 4. The van der Waals surface area contributed by atoms with Gasteiger partial charge in [0, 0.05) is 19.1 Å². The molecule has 0 saturated carbocycles. The summed E-state index contributed by atoms with van der Waals surface area (Å²) < 4.78 is 5.63. The number of carboxylic acid groups (broad SMARTS) is 1. The second-order valence-corrected chi connectivity index (χ2v) is 4.91. The minimum absolute atomic E-state index is 0.130. The largest absolute Gasteiger partial charge is 0.492 e. The van der Waals surface area contributed by atoms with Crippen LogP contribution in [0.4, 0.5) is 0 Å². The Morgan fingerprint density at radius 2 is 2.00 bits per heavy atom. The fraction of sp³-hybridized carbons (Fsp3) is 0.562. The molecule has 0 bridgehead atoms. The van der Waals surface area contributed by atoms with Crippen LogP contribution >= 0.6 is 0 Å². The number of carbonyl (C=O) groups is 1. The minimum Gasteiger partial charge on any atom is -0.492 e. The van der Waals surface area contributed by atoms with Crippen molar-refractivity contribution in [2.24, 2.45) is 0 Å². The van der Waals surface area contributed by atoms with Gasteiger partial charge in [-0.3, -0.25) is 4.90 Å². The summed E-state index contributed by atoms with van der Waals surface area (Å²) in [4.78, 5) is 13.1. The Morgan fingerprint density at radius 1 is 1.29 bits per heavy atom. The predicted octanol–water partition coefficient (Wildman–Crippen LogP) is 2.25. The van der Waals surface area contributed by atoms with Crippen molar-refractivity contribution in [3.8, 4) is 5.75 Å². The van der Waals surface area contributed by atoms with Gasteiger partial charge in [0.2, 0.25) is 0 Å². The Kier molecular flexibility index (Phi) is 7.79. The number of nitrogens with zero attached hydrogens (tertiary/aromatic N) is 1. The van der Waals surface area contributed by atoms with Crippen LogP contribution in [0, 0.1) is 0 Å².